The van der Waals surface area contributed by atoms with E-state index in [-0.39, 0.29) is 23.2 Å². The van der Waals surface area contributed by atoms with Gasteiger partial charge in [0.25, 0.3) is 0 Å². The predicted octanol–water partition coefficient (Wildman–Crippen LogP) is 1.70. The maximum atomic E-state index is 9.46. The van der Waals surface area contributed by atoms with Gasteiger partial charge >= 0.3 is 0 Å². The van der Waals surface area contributed by atoms with Crippen LogP contribution in [0.25, 0.3) is 0 Å². The van der Waals surface area contributed by atoms with E-state index in [1.54, 1.807) is 6.21 Å². The lowest BCUT2D eigenvalue weighted by atomic mass is 9.75. The van der Waals surface area contributed by atoms with E-state index in [2.05, 4.69) is 5.10 Å². The van der Waals surface area contributed by atoms with Crippen molar-refractivity contribution in [1.29, 1.82) is 15.8 Å². The fourth-order valence-corrected chi connectivity index (χ4v) is 2.33. The summed E-state index contributed by atoms with van der Waals surface area (Å²) in [5, 5.41) is 33.9. The van der Waals surface area contributed by atoms with Crippen molar-refractivity contribution in [3.8, 4) is 18.2 Å². The Morgan fingerprint density at radius 3 is 2.15 bits per heavy atom. The number of hydrogen-bond acceptors (Lipinski definition) is 6. The molecule has 0 aliphatic carbocycles. The van der Waals surface area contributed by atoms with Crippen LogP contribution in [0.3, 0.4) is 0 Å². The molecule has 0 fully saturated rings. The summed E-state index contributed by atoms with van der Waals surface area (Å²) in [5.74, 6) is 0.217. The Hall–Kier alpha value is -2.52. The van der Waals surface area contributed by atoms with E-state index in [0.717, 1.165) is 0 Å². The summed E-state index contributed by atoms with van der Waals surface area (Å²) in [5.41, 5.74) is 4.36. The van der Waals surface area contributed by atoms with Gasteiger partial charge in [-0.05, 0) is 11.8 Å². The fourth-order valence-electron chi connectivity index (χ4n) is 2.33. The minimum absolute atomic E-state index is 0.0119. The van der Waals surface area contributed by atoms with Crippen molar-refractivity contribution < 1.29 is 0 Å². The lowest BCUT2D eigenvalue weighted by molar-refractivity contribution is 0.182. The van der Waals surface area contributed by atoms with Crippen molar-refractivity contribution in [2.45, 2.75) is 33.7 Å². The number of rotatable bonds is 3. The Bertz CT molecular complexity index is 550. The molecule has 1 atom stereocenters. The van der Waals surface area contributed by atoms with Crippen LogP contribution in [0.1, 0.15) is 27.7 Å². The van der Waals surface area contributed by atoms with E-state index in [0.29, 0.717) is 0 Å². The highest BCUT2D eigenvalue weighted by Gasteiger charge is 2.56. The molecule has 1 heterocycles. The highest BCUT2D eigenvalue weighted by atomic mass is 15.5. The second-order valence-corrected chi connectivity index (χ2v) is 5.45. The Morgan fingerprint density at radius 2 is 1.80 bits per heavy atom. The molecule has 0 amide bonds. The topological polar surface area (TPSA) is 113 Å². The van der Waals surface area contributed by atoms with Gasteiger partial charge in [-0.1, -0.05) is 27.7 Å². The van der Waals surface area contributed by atoms with E-state index in [1.165, 1.54) is 5.01 Å². The second-order valence-electron chi connectivity index (χ2n) is 5.45. The summed E-state index contributed by atoms with van der Waals surface area (Å²) in [6.07, 6.45) is 1.68. The van der Waals surface area contributed by atoms with Gasteiger partial charge in [0.05, 0.1) is 18.2 Å². The molecule has 1 rings (SSSR count). The zero-order valence-corrected chi connectivity index (χ0v) is 12.1. The van der Waals surface area contributed by atoms with Crippen LogP contribution in [0.4, 0.5) is 0 Å². The van der Waals surface area contributed by atoms with Crippen LogP contribution in [-0.4, -0.2) is 17.3 Å². The van der Waals surface area contributed by atoms with Crippen LogP contribution in [0, 0.1) is 51.2 Å². The highest BCUT2D eigenvalue weighted by molar-refractivity contribution is 5.60. The first-order valence-electron chi connectivity index (χ1n) is 6.41. The molecular formula is C14H18N6. The molecule has 0 aromatic heterocycles. The molecule has 6 nitrogen and oxygen atoms in total. The van der Waals surface area contributed by atoms with Gasteiger partial charge in [0.15, 0.2) is 0 Å². The normalized spacial score (nSPS) is 21.4. The third kappa shape index (κ3) is 2.19. The van der Waals surface area contributed by atoms with Gasteiger partial charge in [0, 0.05) is 6.21 Å². The highest BCUT2D eigenvalue weighted by Crippen LogP contribution is 2.45. The van der Waals surface area contributed by atoms with E-state index in [9.17, 15) is 15.8 Å². The van der Waals surface area contributed by atoms with E-state index in [4.69, 9.17) is 5.73 Å². The minimum atomic E-state index is -1.57. The van der Waals surface area contributed by atoms with Crippen molar-refractivity contribution in [2.75, 3.05) is 0 Å². The molecule has 0 spiro atoms. The maximum Gasteiger partial charge on any atom is 0.204 e. The molecule has 1 aliphatic heterocycles. The summed E-state index contributed by atoms with van der Waals surface area (Å²) < 4.78 is 0. The first kappa shape index (κ1) is 15.5. The molecule has 104 valence electrons. The Balaban J connectivity index is 3.48. The van der Waals surface area contributed by atoms with Crippen LogP contribution in [0.5, 0.6) is 0 Å². The molecule has 6 heteroatoms. The van der Waals surface area contributed by atoms with Gasteiger partial charge < -0.3 is 5.73 Å². The average Bonchev–Trinajstić information content (AvgIpc) is 2.64. The number of nitrogens with two attached hydrogens (primary N) is 1. The summed E-state index contributed by atoms with van der Waals surface area (Å²) in [6, 6.07) is 5.28. The molecular weight excluding hydrogens is 252 g/mol. The van der Waals surface area contributed by atoms with Crippen LogP contribution in [0.15, 0.2) is 16.5 Å². The summed E-state index contributed by atoms with van der Waals surface area (Å²) >= 11 is 0. The molecule has 0 aromatic rings. The van der Waals surface area contributed by atoms with Gasteiger partial charge in [-0.25, -0.2) is 5.01 Å². The molecule has 1 aliphatic rings. The van der Waals surface area contributed by atoms with Gasteiger partial charge in [-0.15, -0.1) is 0 Å². The Labute approximate surface area is 119 Å². The van der Waals surface area contributed by atoms with Gasteiger partial charge in [0.2, 0.25) is 5.41 Å². The third-order valence-corrected chi connectivity index (χ3v) is 3.19. The van der Waals surface area contributed by atoms with Crippen molar-refractivity contribution in [2.24, 2.45) is 28.1 Å². The Morgan fingerprint density at radius 1 is 1.25 bits per heavy atom. The zero-order valence-electron chi connectivity index (χ0n) is 12.1. The first-order valence-corrected chi connectivity index (χ1v) is 6.41. The van der Waals surface area contributed by atoms with E-state index < -0.39 is 11.5 Å². The number of hydrazone groups is 1. The molecule has 2 N–H and O–H groups in total. The monoisotopic (exact) mass is 270 g/mol. The van der Waals surface area contributed by atoms with E-state index in [1.807, 2.05) is 45.9 Å². The molecule has 0 unspecified atom stereocenters. The minimum Gasteiger partial charge on any atom is -0.383 e. The average molecular weight is 270 g/mol. The van der Waals surface area contributed by atoms with Crippen molar-refractivity contribution in [3.63, 3.8) is 0 Å². The second kappa shape index (κ2) is 5.63. The standard InChI is InChI=1S/C14H18N6/c1-9(2)6-19-20-12(10(3)4)14(7-16,8-17)11(5-15)13(20)18/h6,9-10,12H,18H2,1-4H3/b19-6+/t12-/m1/s1. The maximum absolute atomic E-state index is 9.46. The van der Waals surface area contributed by atoms with Crippen molar-refractivity contribution in [3.05, 3.63) is 11.4 Å². The molecule has 0 radical (unpaired) electrons. The number of nitriles is 3. The van der Waals surface area contributed by atoms with Gasteiger partial charge in [0.1, 0.15) is 17.5 Å². The SMILES string of the molecule is CC(C)/C=N/N1C(N)=C(C#N)C(C#N)(C#N)[C@H]1C(C)C. The van der Waals surface area contributed by atoms with Crippen LogP contribution < -0.4 is 5.73 Å². The van der Waals surface area contributed by atoms with Crippen LogP contribution >= 0.6 is 0 Å². The lowest BCUT2D eigenvalue weighted by Crippen LogP contribution is -2.42. The largest absolute Gasteiger partial charge is 0.383 e. The predicted molar refractivity (Wildman–Crippen MR) is 74.3 cm³/mol. The summed E-state index contributed by atoms with van der Waals surface area (Å²) in [4.78, 5) is 0. The first-order chi connectivity index (χ1) is 9.35. The number of hydrogen-bond donors (Lipinski definition) is 1. The van der Waals surface area contributed by atoms with Crippen LogP contribution in [-0.2, 0) is 0 Å². The van der Waals surface area contributed by atoms with Crippen LogP contribution in [0.2, 0.25) is 0 Å². The number of nitrogens with zero attached hydrogens (tertiary/aromatic N) is 5. The van der Waals surface area contributed by atoms with Gasteiger partial charge in [-0.2, -0.15) is 20.9 Å². The summed E-state index contributed by atoms with van der Waals surface area (Å²) in [7, 11) is 0. The summed E-state index contributed by atoms with van der Waals surface area (Å²) in [6.45, 7) is 7.66. The fraction of sp³-hybridized carbons (Fsp3) is 0.571. The van der Waals surface area contributed by atoms with Gasteiger partial charge in [-0.3, -0.25) is 0 Å². The quantitative estimate of drug-likeness (QED) is 0.784. The molecule has 0 saturated heterocycles. The smallest absolute Gasteiger partial charge is 0.204 e. The molecule has 0 aromatic carbocycles. The molecule has 20 heavy (non-hydrogen) atoms. The van der Waals surface area contributed by atoms with E-state index >= 15 is 0 Å². The lowest BCUT2D eigenvalue weighted by Gasteiger charge is -2.31. The van der Waals surface area contributed by atoms with Crippen molar-refractivity contribution >= 4 is 6.21 Å². The van der Waals surface area contributed by atoms with Crippen molar-refractivity contribution in [1.82, 2.24) is 5.01 Å². The Kier molecular flexibility index (Phi) is 4.38. The molecule has 0 saturated carbocycles. The zero-order chi connectivity index (χ0) is 15.5. The third-order valence-electron chi connectivity index (χ3n) is 3.19. The molecule has 0 bridgehead atoms.